The monoisotopic (exact) mass is 459 g/mol. The van der Waals surface area contributed by atoms with Gasteiger partial charge in [0.15, 0.2) is 0 Å². The second-order valence-electron chi connectivity index (χ2n) is 7.70. The number of methoxy groups -OCH3 is 2. The molecule has 3 rings (SSSR count). The summed E-state index contributed by atoms with van der Waals surface area (Å²) < 4.78 is 14.2. The van der Waals surface area contributed by atoms with E-state index < -0.39 is 0 Å². The molecule has 0 amide bonds. The molecule has 0 aliphatic rings. The fraction of sp³-hybridized carbons (Fsp3) is 0.478. The van der Waals surface area contributed by atoms with Crippen LogP contribution in [0.1, 0.15) is 56.8 Å². The molecule has 0 radical (unpaired) electrons. The number of fused-ring (bicyclic) bond motifs is 1. The Morgan fingerprint density at radius 1 is 1.17 bits per heavy atom. The van der Waals surface area contributed by atoms with Crippen molar-refractivity contribution in [3.63, 3.8) is 0 Å². The second-order valence-corrected chi connectivity index (χ2v) is 8.55. The Bertz CT molecular complexity index is 997. The van der Waals surface area contributed by atoms with Crippen molar-refractivity contribution < 1.29 is 9.47 Å². The van der Waals surface area contributed by atoms with E-state index in [0.29, 0.717) is 17.8 Å². The minimum atomic E-state index is 0.339. The number of aromatic nitrogens is 3. The Morgan fingerprint density at radius 2 is 1.93 bits per heavy atom. The average molecular weight is 460 g/mol. The average Bonchev–Trinajstić information content (AvgIpc) is 3.03. The Labute approximate surface area is 181 Å². The van der Waals surface area contributed by atoms with Crippen LogP contribution < -0.4 is 4.74 Å². The molecule has 0 aliphatic heterocycles. The molecule has 0 fully saturated rings. The largest absolute Gasteiger partial charge is 0.480 e. The molecule has 0 bridgehead atoms. The Kier molecular flexibility index (Phi) is 6.96. The van der Waals surface area contributed by atoms with Crippen LogP contribution in [0.4, 0.5) is 0 Å². The summed E-state index contributed by atoms with van der Waals surface area (Å²) in [6.07, 6.45) is 4.22. The zero-order valence-corrected chi connectivity index (χ0v) is 19.7. The van der Waals surface area contributed by atoms with E-state index in [-0.39, 0.29) is 0 Å². The Balaban J connectivity index is 2.13. The molecule has 3 aromatic rings. The van der Waals surface area contributed by atoms with Crippen molar-refractivity contribution >= 4 is 27.0 Å². The van der Waals surface area contributed by atoms with E-state index in [1.807, 2.05) is 0 Å². The molecule has 3 heterocycles. The van der Waals surface area contributed by atoms with Crippen LogP contribution in [0.5, 0.6) is 5.88 Å². The normalized spacial score (nSPS) is 12.7. The molecular weight excluding hydrogens is 430 g/mol. The van der Waals surface area contributed by atoms with Gasteiger partial charge < -0.3 is 14.0 Å². The SMILES string of the molecule is CC[C@@H](CCOC)n1cc(C)c2nc(-c3ccc(C(C)C)nc3OC)c(Br)cc21. The van der Waals surface area contributed by atoms with Crippen molar-refractivity contribution in [2.75, 3.05) is 20.8 Å². The number of nitrogens with zero attached hydrogens (tertiary/aromatic N) is 3. The molecule has 0 saturated heterocycles. The maximum absolute atomic E-state index is 5.60. The molecule has 5 nitrogen and oxygen atoms in total. The third-order valence-electron chi connectivity index (χ3n) is 5.38. The van der Waals surface area contributed by atoms with Gasteiger partial charge in [-0.25, -0.2) is 9.97 Å². The number of halogens is 1. The number of rotatable bonds is 8. The maximum atomic E-state index is 5.60. The van der Waals surface area contributed by atoms with Gasteiger partial charge in [-0.3, -0.25) is 0 Å². The van der Waals surface area contributed by atoms with E-state index in [0.717, 1.165) is 57.5 Å². The number of hydrogen-bond acceptors (Lipinski definition) is 4. The first-order valence-corrected chi connectivity index (χ1v) is 10.9. The zero-order chi connectivity index (χ0) is 21.1. The molecule has 0 aromatic carbocycles. The minimum Gasteiger partial charge on any atom is -0.480 e. The number of aryl methyl sites for hydroxylation is 1. The molecule has 0 saturated carbocycles. The van der Waals surface area contributed by atoms with Gasteiger partial charge in [0, 0.05) is 36.1 Å². The molecule has 156 valence electrons. The summed E-state index contributed by atoms with van der Waals surface area (Å²) in [5, 5.41) is 0. The molecular formula is C23H30BrN3O2. The summed E-state index contributed by atoms with van der Waals surface area (Å²) in [5.41, 5.74) is 6.05. The summed E-state index contributed by atoms with van der Waals surface area (Å²) >= 11 is 3.75. The van der Waals surface area contributed by atoms with E-state index in [1.54, 1.807) is 14.2 Å². The smallest absolute Gasteiger partial charge is 0.222 e. The third-order valence-corrected chi connectivity index (χ3v) is 5.99. The molecule has 29 heavy (non-hydrogen) atoms. The molecule has 0 spiro atoms. The molecule has 3 aromatic heterocycles. The van der Waals surface area contributed by atoms with Crippen LogP contribution in [0.15, 0.2) is 28.9 Å². The van der Waals surface area contributed by atoms with Gasteiger partial charge >= 0.3 is 0 Å². The van der Waals surface area contributed by atoms with E-state index in [1.165, 1.54) is 0 Å². The highest BCUT2D eigenvalue weighted by atomic mass is 79.9. The van der Waals surface area contributed by atoms with Crippen molar-refractivity contribution in [1.82, 2.24) is 14.5 Å². The van der Waals surface area contributed by atoms with Gasteiger partial charge in [-0.2, -0.15) is 0 Å². The summed E-state index contributed by atoms with van der Waals surface area (Å²) in [6, 6.07) is 6.65. The first-order chi connectivity index (χ1) is 13.9. The van der Waals surface area contributed by atoms with Crippen LogP contribution in [0.3, 0.4) is 0 Å². The van der Waals surface area contributed by atoms with Crippen LogP contribution in [0, 0.1) is 6.92 Å². The van der Waals surface area contributed by atoms with Crippen molar-refractivity contribution in [2.45, 2.75) is 52.5 Å². The van der Waals surface area contributed by atoms with Crippen LogP contribution in [-0.2, 0) is 4.74 Å². The molecule has 0 unspecified atom stereocenters. The zero-order valence-electron chi connectivity index (χ0n) is 18.1. The van der Waals surface area contributed by atoms with E-state index in [2.05, 4.69) is 77.6 Å². The molecule has 0 N–H and O–H groups in total. The van der Waals surface area contributed by atoms with Crippen molar-refractivity contribution in [3.05, 3.63) is 40.1 Å². The van der Waals surface area contributed by atoms with Crippen LogP contribution in [0.2, 0.25) is 0 Å². The predicted molar refractivity (Wildman–Crippen MR) is 122 cm³/mol. The lowest BCUT2D eigenvalue weighted by Gasteiger charge is -2.18. The topological polar surface area (TPSA) is 49.2 Å². The number of ether oxygens (including phenoxy) is 2. The fourth-order valence-electron chi connectivity index (χ4n) is 3.70. The lowest BCUT2D eigenvalue weighted by Crippen LogP contribution is -2.09. The van der Waals surface area contributed by atoms with Gasteiger partial charge in [-0.1, -0.05) is 20.8 Å². The van der Waals surface area contributed by atoms with Crippen LogP contribution >= 0.6 is 15.9 Å². The van der Waals surface area contributed by atoms with E-state index in [9.17, 15) is 0 Å². The lowest BCUT2D eigenvalue weighted by molar-refractivity contribution is 0.178. The summed E-state index contributed by atoms with van der Waals surface area (Å²) in [5.74, 6) is 0.943. The molecule has 6 heteroatoms. The Morgan fingerprint density at radius 3 is 2.55 bits per heavy atom. The number of hydrogen-bond donors (Lipinski definition) is 0. The van der Waals surface area contributed by atoms with Crippen LogP contribution in [-0.4, -0.2) is 35.4 Å². The van der Waals surface area contributed by atoms with E-state index >= 15 is 0 Å². The predicted octanol–water partition coefficient (Wildman–Crippen LogP) is 6.29. The summed E-state index contributed by atoms with van der Waals surface area (Å²) in [4.78, 5) is 9.72. The summed E-state index contributed by atoms with van der Waals surface area (Å²) in [6.45, 7) is 9.33. The van der Waals surface area contributed by atoms with Gasteiger partial charge in [0.1, 0.15) is 0 Å². The first kappa shape index (κ1) is 21.8. The van der Waals surface area contributed by atoms with E-state index in [4.69, 9.17) is 14.5 Å². The minimum absolute atomic E-state index is 0.339. The van der Waals surface area contributed by atoms with Gasteiger partial charge in [0.25, 0.3) is 0 Å². The van der Waals surface area contributed by atoms with Gasteiger partial charge in [-0.05, 0) is 65.4 Å². The summed E-state index contributed by atoms with van der Waals surface area (Å²) in [7, 11) is 3.41. The fourth-order valence-corrected chi connectivity index (χ4v) is 4.22. The quantitative estimate of drug-likeness (QED) is 0.397. The third kappa shape index (κ3) is 4.33. The molecule has 1 atom stereocenters. The van der Waals surface area contributed by atoms with Crippen molar-refractivity contribution in [2.24, 2.45) is 0 Å². The number of pyridine rings is 2. The first-order valence-electron chi connectivity index (χ1n) is 10.1. The second kappa shape index (κ2) is 9.26. The van der Waals surface area contributed by atoms with Crippen LogP contribution in [0.25, 0.3) is 22.3 Å². The lowest BCUT2D eigenvalue weighted by atomic mass is 10.1. The van der Waals surface area contributed by atoms with Gasteiger partial charge in [0.05, 0.1) is 29.4 Å². The van der Waals surface area contributed by atoms with Crippen molar-refractivity contribution in [1.29, 1.82) is 0 Å². The highest BCUT2D eigenvalue weighted by molar-refractivity contribution is 9.10. The molecule has 0 aliphatic carbocycles. The highest BCUT2D eigenvalue weighted by Gasteiger charge is 2.20. The standard InChI is InChI=1S/C23H30BrN3O2/c1-7-16(10-11-28-5)27-13-15(4)21-20(27)12-18(24)22(26-21)17-8-9-19(14(2)3)25-23(17)29-6/h8-9,12-14,16H,7,10-11H2,1-6H3/t16-/m0/s1. The highest BCUT2D eigenvalue weighted by Crippen LogP contribution is 2.37. The maximum Gasteiger partial charge on any atom is 0.222 e. The van der Waals surface area contributed by atoms with Gasteiger partial charge in [0.2, 0.25) is 5.88 Å². The Hall–Kier alpha value is -1.92. The van der Waals surface area contributed by atoms with Gasteiger partial charge in [-0.15, -0.1) is 0 Å². The van der Waals surface area contributed by atoms with Crippen molar-refractivity contribution in [3.8, 4) is 17.1 Å².